The molecular formula is C23H30N4O2. The lowest BCUT2D eigenvalue weighted by molar-refractivity contribution is -0.127. The van der Waals surface area contributed by atoms with Crippen molar-refractivity contribution in [3.05, 3.63) is 52.3 Å². The van der Waals surface area contributed by atoms with Gasteiger partial charge in [-0.25, -0.2) is 0 Å². The Labute approximate surface area is 172 Å². The van der Waals surface area contributed by atoms with Gasteiger partial charge in [0.15, 0.2) is 0 Å². The van der Waals surface area contributed by atoms with Crippen molar-refractivity contribution < 1.29 is 9.59 Å². The molecule has 2 atom stereocenters. The molecule has 154 valence electrons. The van der Waals surface area contributed by atoms with Gasteiger partial charge in [-0.2, -0.15) is 5.10 Å². The number of fused-ring (bicyclic) bond motifs is 1. The smallest absolute Gasteiger partial charge is 0.253 e. The molecule has 4 rings (SSSR count). The lowest BCUT2D eigenvalue weighted by atomic mass is 9.91. The van der Waals surface area contributed by atoms with Gasteiger partial charge in [0.05, 0.1) is 18.2 Å². The molecule has 1 N–H and O–H groups in total. The molecule has 2 unspecified atom stereocenters. The van der Waals surface area contributed by atoms with Gasteiger partial charge in [-0.1, -0.05) is 17.2 Å². The summed E-state index contributed by atoms with van der Waals surface area (Å²) in [6.45, 7) is 5.22. The van der Waals surface area contributed by atoms with Crippen LogP contribution < -0.4 is 5.32 Å². The zero-order chi connectivity index (χ0) is 20.5. The average Bonchev–Trinajstić information content (AvgIpc) is 3.09. The van der Waals surface area contributed by atoms with Crippen LogP contribution in [0.25, 0.3) is 0 Å². The van der Waals surface area contributed by atoms with Gasteiger partial charge in [0.25, 0.3) is 5.91 Å². The Balaban J connectivity index is 1.43. The summed E-state index contributed by atoms with van der Waals surface area (Å²) in [6, 6.07) is 5.97. The van der Waals surface area contributed by atoms with E-state index < -0.39 is 0 Å². The van der Waals surface area contributed by atoms with Crippen LogP contribution in [0.15, 0.2) is 24.4 Å². The Hall–Kier alpha value is -2.63. The summed E-state index contributed by atoms with van der Waals surface area (Å²) in [6.07, 6.45) is 6.59. The van der Waals surface area contributed by atoms with Crippen molar-refractivity contribution in [2.75, 3.05) is 13.1 Å². The van der Waals surface area contributed by atoms with Crippen molar-refractivity contribution >= 4 is 11.8 Å². The van der Waals surface area contributed by atoms with Crippen molar-refractivity contribution in [3.8, 4) is 0 Å². The van der Waals surface area contributed by atoms with Crippen molar-refractivity contribution in [1.82, 2.24) is 20.0 Å². The molecule has 6 nitrogen and oxygen atoms in total. The number of aryl methyl sites for hydroxylation is 3. The maximum Gasteiger partial charge on any atom is 0.253 e. The minimum atomic E-state index is -0.152. The monoisotopic (exact) mass is 394 g/mol. The Morgan fingerprint density at radius 3 is 2.62 bits per heavy atom. The zero-order valence-corrected chi connectivity index (χ0v) is 17.6. The number of hydrogen-bond donors (Lipinski definition) is 1. The second-order valence-electron chi connectivity index (χ2n) is 8.59. The van der Waals surface area contributed by atoms with E-state index in [1.54, 1.807) is 0 Å². The molecule has 1 aromatic carbocycles. The van der Waals surface area contributed by atoms with Crippen LogP contribution in [-0.4, -0.2) is 39.6 Å². The van der Waals surface area contributed by atoms with Crippen LogP contribution in [0.1, 0.15) is 64.5 Å². The van der Waals surface area contributed by atoms with Crippen LogP contribution >= 0.6 is 0 Å². The first-order chi connectivity index (χ1) is 13.9. The summed E-state index contributed by atoms with van der Waals surface area (Å²) in [5.74, 6) is -0.0632. The van der Waals surface area contributed by atoms with Crippen LogP contribution in [0.5, 0.6) is 0 Å². The van der Waals surface area contributed by atoms with E-state index in [-0.39, 0.29) is 23.8 Å². The molecule has 1 saturated heterocycles. The van der Waals surface area contributed by atoms with Gasteiger partial charge in [-0.05, 0) is 58.1 Å². The molecule has 0 bridgehead atoms. The Bertz CT molecular complexity index is 913. The van der Waals surface area contributed by atoms with Gasteiger partial charge in [-0.15, -0.1) is 0 Å². The van der Waals surface area contributed by atoms with Crippen LogP contribution in [0.4, 0.5) is 0 Å². The van der Waals surface area contributed by atoms with Gasteiger partial charge in [0.1, 0.15) is 0 Å². The normalized spacial score (nSPS) is 21.6. The number of rotatable bonds is 3. The van der Waals surface area contributed by atoms with Crippen LogP contribution in [0.2, 0.25) is 0 Å². The maximum absolute atomic E-state index is 13.0. The van der Waals surface area contributed by atoms with E-state index in [9.17, 15) is 9.59 Å². The quantitative estimate of drug-likeness (QED) is 0.870. The van der Waals surface area contributed by atoms with Gasteiger partial charge < -0.3 is 10.2 Å². The molecule has 2 heterocycles. The summed E-state index contributed by atoms with van der Waals surface area (Å²) in [5.41, 5.74) is 5.26. The van der Waals surface area contributed by atoms with Crippen LogP contribution in [0, 0.1) is 19.8 Å². The topological polar surface area (TPSA) is 67.2 Å². The second-order valence-corrected chi connectivity index (χ2v) is 8.59. The SMILES string of the molecule is Cc1cc(C)cc(C(=O)N2CCCC(C(=O)NC3CCCc4c3cnn4C)C2)c1. The third-order valence-electron chi connectivity index (χ3n) is 6.24. The standard InChI is InChI=1S/C23H30N4O2/c1-15-10-16(2)12-18(11-15)23(29)27-9-5-6-17(14-27)22(28)25-20-7-4-8-21-19(20)13-24-26(21)3/h10-13,17,20H,4-9,14H2,1-3H3,(H,25,28). The van der Waals surface area contributed by atoms with Gasteiger partial charge in [0, 0.05) is 37.0 Å². The van der Waals surface area contributed by atoms with Gasteiger partial charge in [-0.3, -0.25) is 14.3 Å². The number of piperidine rings is 1. The summed E-state index contributed by atoms with van der Waals surface area (Å²) in [4.78, 5) is 27.9. The number of nitrogens with zero attached hydrogens (tertiary/aromatic N) is 3. The molecule has 1 aromatic heterocycles. The zero-order valence-electron chi connectivity index (χ0n) is 17.6. The lowest BCUT2D eigenvalue weighted by Gasteiger charge is -2.33. The first-order valence-electron chi connectivity index (χ1n) is 10.6. The summed E-state index contributed by atoms with van der Waals surface area (Å²) in [5, 5.41) is 7.61. The third-order valence-corrected chi connectivity index (χ3v) is 6.24. The number of amides is 2. The first kappa shape index (κ1) is 19.7. The summed E-state index contributed by atoms with van der Waals surface area (Å²) < 4.78 is 1.92. The first-order valence-corrected chi connectivity index (χ1v) is 10.6. The fourth-order valence-corrected chi connectivity index (χ4v) is 4.80. The van der Waals surface area contributed by atoms with E-state index in [2.05, 4.69) is 16.5 Å². The molecule has 0 saturated carbocycles. The van der Waals surface area contributed by atoms with Crippen LogP contribution in [0.3, 0.4) is 0 Å². The molecule has 1 aliphatic carbocycles. The Morgan fingerprint density at radius 1 is 1.10 bits per heavy atom. The molecule has 0 radical (unpaired) electrons. The van der Waals surface area contributed by atoms with E-state index in [0.29, 0.717) is 13.1 Å². The Morgan fingerprint density at radius 2 is 1.86 bits per heavy atom. The molecule has 0 spiro atoms. The van der Waals surface area contributed by atoms with Crippen LogP contribution in [-0.2, 0) is 18.3 Å². The number of nitrogens with one attached hydrogen (secondary N) is 1. The minimum absolute atomic E-state index is 0.0292. The van der Waals surface area contributed by atoms with E-state index >= 15 is 0 Å². The number of carbonyl (C=O) groups excluding carboxylic acids is 2. The lowest BCUT2D eigenvalue weighted by Crippen LogP contribution is -2.46. The highest BCUT2D eigenvalue weighted by Crippen LogP contribution is 2.30. The third kappa shape index (κ3) is 4.07. The highest BCUT2D eigenvalue weighted by molar-refractivity contribution is 5.95. The van der Waals surface area contributed by atoms with Crippen molar-refractivity contribution in [2.45, 2.75) is 52.0 Å². The highest BCUT2D eigenvalue weighted by Gasteiger charge is 2.32. The molecule has 2 aliphatic rings. The average molecular weight is 395 g/mol. The summed E-state index contributed by atoms with van der Waals surface area (Å²) >= 11 is 0. The molecule has 6 heteroatoms. The molecule has 1 aliphatic heterocycles. The van der Waals surface area contributed by atoms with Crippen molar-refractivity contribution in [3.63, 3.8) is 0 Å². The number of aromatic nitrogens is 2. The Kier molecular flexibility index (Phi) is 5.43. The summed E-state index contributed by atoms with van der Waals surface area (Å²) in [7, 11) is 1.96. The van der Waals surface area contributed by atoms with Gasteiger partial charge >= 0.3 is 0 Å². The predicted octanol–water partition coefficient (Wildman–Crippen LogP) is 3.08. The maximum atomic E-state index is 13.0. The molecule has 29 heavy (non-hydrogen) atoms. The van der Waals surface area contributed by atoms with E-state index in [0.717, 1.165) is 54.4 Å². The molecular weight excluding hydrogens is 364 g/mol. The van der Waals surface area contributed by atoms with E-state index in [4.69, 9.17) is 0 Å². The number of carbonyl (C=O) groups is 2. The number of hydrogen-bond acceptors (Lipinski definition) is 3. The predicted molar refractivity (Wildman–Crippen MR) is 112 cm³/mol. The highest BCUT2D eigenvalue weighted by atomic mass is 16.2. The van der Waals surface area contributed by atoms with Crippen molar-refractivity contribution in [1.29, 1.82) is 0 Å². The van der Waals surface area contributed by atoms with Crippen molar-refractivity contribution in [2.24, 2.45) is 13.0 Å². The minimum Gasteiger partial charge on any atom is -0.349 e. The molecule has 1 fully saturated rings. The fraction of sp³-hybridized carbons (Fsp3) is 0.522. The van der Waals surface area contributed by atoms with E-state index in [1.165, 1.54) is 5.69 Å². The molecule has 2 aromatic rings. The number of benzene rings is 1. The fourth-order valence-electron chi connectivity index (χ4n) is 4.80. The largest absolute Gasteiger partial charge is 0.349 e. The molecule has 2 amide bonds. The van der Waals surface area contributed by atoms with Gasteiger partial charge in [0.2, 0.25) is 5.91 Å². The van der Waals surface area contributed by atoms with E-state index in [1.807, 2.05) is 48.8 Å². The number of likely N-dealkylation sites (tertiary alicyclic amines) is 1. The second kappa shape index (κ2) is 8.01.